The van der Waals surface area contributed by atoms with Crippen LogP contribution in [0.15, 0.2) is 12.1 Å². The Labute approximate surface area is 111 Å². The van der Waals surface area contributed by atoms with Crippen LogP contribution in [0.1, 0.15) is 27.2 Å². The van der Waals surface area contributed by atoms with Gasteiger partial charge in [0.2, 0.25) is 5.95 Å². The normalized spacial score (nSPS) is 12.3. The maximum atomic E-state index is 13.3. The summed E-state index contributed by atoms with van der Waals surface area (Å²) in [6.45, 7) is 7.23. The van der Waals surface area contributed by atoms with Gasteiger partial charge in [0.1, 0.15) is 5.82 Å². The van der Waals surface area contributed by atoms with Crippen LogP contribution in [0.5, 0.6) is 0 Å². The quantitative estimate of drug-likeness (QED) is 0.900. The summed E-state index contributed by atoms with van der Waals surface area (Å²) >= 11 is 5.80. The van der Waals surface area contributed by atoms with Gasteiger partial charge < -0.3 is 10.3 Å². The zero-order chi connectivity index (χ0) is 13.5. The van der Waals surface area contributed by atoms with E-state index in [9.17, 15) is 4.39 Å². The van der Waals surface area contributed by atoms with Gasteiger partial charge in [-0.3, -0.25) is 0 Å². The van der Waals surface area contributed by atoms with E-state index >= 15 is 0 Å². The van der Waals surface area contributed by atoms with E-state index in [1.165, 1.54) is 6.07 Å². The van der Waals surface area contributed by atoms with Crippen LogP contribution in [-0.4, -0.2) is 9.55 Å². The lowest BCUT2D eigenvalue weighted by molar-refractivity contribution is 0.354. The SMILES string of the molecule is CC(C)(C)CCn1c(N)nc2cc(F)c(Cl)cc21. The van der Waals surface area contributed by atoms with Crippen LogP contribution in [0.3, 0.4) is 0 Å². The van der Waals surface area contributed by atoms with Crippen LogP contribution in [0, 0.1) is 11.2 Å². The lowest BCUT2D eigenvalue weighted by Crippen LogP contribution is -2.12. The molecule has 0 unspecified atom stereocenters. The number of nitrogen functional groups attached to an aromatic ring is 1. The number of aromatic nitrogens is 2. The van der Waals surface area contributed by atoms with Crippen molar-refractivity contribution in [1.29, 1.82) is 0 Å². The monoisotopic (exact) mass is 269 g/mol. The number of aryl methyl sites for hydroxylation is 1. The van der Waals surface area contributed by atoms with E-state index in [0.29, 0.717) is 11.5 Å². The molecule has 3 nitrogen and oxygen atoms in total. The molecule has 18 heavy (non-hydrogen) atoms. The molecular weight excluding hydrogens is 253 g/mol. The second-order valence-corrected chi connectivity index (χ2v) is 6.09. The molecule has 2 aromatic rings. The number of nitrogens with two attached hydrogens (primary N) is 1. The van der Waals surface area contributed by atoms with Crippen molar-refractivity contribution >= 4 is 28.6 Å². The molecule has 98 valence electrons. The summed E-state index contributed by atoms with van der Waals surface area (Å²) < 4.78 is 15.2. The van der Waals surface area contributed by atoms with Crippen molar-refractivity contribution in [3.8, 4) is 0 Å². The first-order valence-corrected chi connectivity index (χ1v) is 6.26. The number of hydrogen-bond donors (Lipinski definition) is 1. The van der Waals surface area contributed by atoms with Crippen LogP contribution in [-0.2, 0) is 6.54 Å². The Kier molecular flexibility index (Phi) is 3.23. The number of rotatable bonds is 2. The van der Waals surface area contributed by atoms with Crippen LogP contribution in [0.4, 0.5) is 10.3 Å². The molecule has 0 aliphatic rings. The molecule has 5 heteroatoms. The molecule has 0 aliphatic heterocycles. The number of fused-ring (bicyclic) bond motifs is 1. The average Bonchev–Trinajstić information content (AvgIpc) is 2.51. The Hall–Kier alpha value is -1.29. The molecule has 1 aromatic carbocycles. The Morgan fingerprint density at radius 3 is 2.67 bits per heavy atom. The van der Waals surface area contributed by atoms with Crippen molar-refractivity contribution < 1.29 is 4.39 Å². The highest BCUT2D eigenvalue weighted by Crippen LogP contribution is 2.27. The second kappa shape index (κ2) is 4.43. The van der Waals surface area contributed by atoms with Gasteiger partial charge in [0.15, 0.2) is 0 Å². The molecular formula is C13H17ClFN3. The van der Waals surface area contributed by atoms with Gasteiger partial charge in [0, 0.05) is 12.6 Å². The standard InChI is InChI=1S/C13H17ClFN3/c1-13(2,3)4-5-18-11-6-8(14)9(15)7-10(11)17-12(18)16/h6-7H,4-5H2,1-3H3,(H2,16,17). The first kappa shape index (κ1) is 13.1. The number of hydrogen-bond acceptors (Lipinski definition) is 2. The van der Waals surface area contributed by atoms with Crippen LogP contribution < -0.4 is 5.73 Å². The van der Waals surface area contributed by atoms with Crippen molar-refractivity contribution in [2.75, 3.05) is 5.73 Å². The van der Waals surface area contributed by atoms with Gasteiger partial charge in [-0.1, -0.05) is 32.4 Å². The largest absolute Gasteiger partial charge is 0.369 e. The molecule has 0 spiro atoms. The van der Waals surface area contributed by atoms with Gasteiger partial charge in [0.05, 0.1) is 16.1 Å². The molecule has 0 bridgehead atoms. The van der Waals surface area contributed by atoms with Gasteiger partial charge in [-0.2, -0.15) is 0 Å². The third kappa shape index (κ3) is 2.58. The molecule has 0 radical (unpaired) electrons. The van der Waals surface area contributed by atoms with E-state index in [1.807, 2.05) is 4.57 Å². The fourth-order valence-electron chi connectivity index (χ4n) is 1.82. The lowest BCUT2D eigenvalue weighted by Gasteiger charge is -2.18. The van der Waals surface area contributed by atoms with E-state index in [1.54, 1.807) is 6.07 Å². The van der Waals surface area contributed by atoms with E-state index in [2.05, 4.69) is 25.8 Å². The maximum Gasteiger partial charge on any atom is 0.201 e. The van der Waals surface area contributed by atoms with Gasteiger partial charge in [-0.25, -0.2) is 9.37 Å². The van der Waals surface area contributed by atoms with Gasteiger partial charge in [-0.05, 0) is 17.9 Å². The van der Waals surface area contributed by atoms with Crippen molar-refractivity contribution in [2.45, 2.75) is 33.7 Å². The zero-order valence-electron chi connectivity index (χ0n) is 10.8. The van der Waals surface area contributed by atoms with E-state index < -0.39 is 5.82 Å². The van der Waals surface area contributed by atoms with Gasteiger partial charge in [-0.15, -0.1) is 0 Å². The van der Waals surface area contributed by atoms with Crippen molar-refractivity contribution in [1.82, 2.24) is 9.55 Å². The smallest absolute Gasteiger partial charge is 0.201 e. The molecule has 2 rings (SSSR count). The summed E-state index contributed by atoms with van der Waals surface area (Å²) in [6, 6.07) is 2.90. The number of benzene rings is 1. The number of nitrogens with zero attached hydrogens (tertiary/aromatic N) is 2. The van der Waals surface area contributed by atoms with Crippen LogP contribution in [0.25, 0.3) is 11.0 Å². The summed E-state index contributed by atoms with van der Waals surface area (Å²) in [5.41, 5.74) is 7.40. The first-order chi connectivity index (χ1) is 8.28. The third-order valence-corrected chi connectivity index (χ3v) is 3.19. The number of anilines is 1. The summed E-state index contributed by atoms with van der Waals surface area (Å²) in [5.74, 6) is -0.0689. The van der Waals surface area contributed by atoms with Crippen molar-refractivity contribution in [3.63, 3.8) is 0 Å². The molecule has 0 amide bonds. The van der Waals surface area contributed by atoms with Crippen molar-refractivity contribution in [2.24, 2.45) is 5.41 Å². The molecule has 2 N–H and O–H groups in total. The predicted octanol–water partition coefficient (Wildman–Crippen LogP) is 3.85. The summed E-state index contributed by atoms with van der Waals surface area (Å²) in [6.07, 6.45) is 0.956. The molecule has 0 atom stereocenters. The highest BCUT2D eigenvalue weighted by atomic mass is 35.5. The molecule has 1 heterocycles. The average molecular weight is 270 g/mol. The minimum absolute atomic E-state index is 0.0967. The van der Waals surface area contributed by atoms with Crippen molar-refractivity contribution in [3.05, 3.63) is 23.0 Å². The summed E-state index contributed by atoms with van der Waals surface area (Å²) in [4.78, 5) is 4.16. The first-order valence-electron chi connectivity index (χ1n) is 5.89. The second-order valence-electron chi connectivity index (χ2n) is 5.69. The van der Waals surface area contributed by atoms with Gasteiger partial charge in [0.25, 0.3) is 0 Å². The molecule has 0 fully saturated rings. The summed E-state index contributed by atoms with van der Waals surface area (Å²) in [5, 5.41) is 0.0967. The Morgan fingerprint density at radius 2 is 2.06 bits per heavy atom. The maximum absolute atomic E-state index is 13.3. The van der Waals surface area contributed by atoms with E-state index in [0.717, 1.165) is 18.5 Å². The molecule has 0 saturated carbocycles. The highest BCUT2D eigenvalue weighted by molar-refractivity contribution is 6.31. The van der Waals surface area contributed by atoms with Crippen LogP contribution >= 0.6 is 11.6 Å². The predicted molar refractivity (Wildman–Crippen MR) is 73.2 cm³/mol. The minimum atomic E-state index is -0.468. The zero-order valence-corrected chi connectivity index (χ0v) is 11.6. The third-order valence-electron chi connectivity index (χ3n) is 2.91. The van der Waals surface area contributed by atoms with E-state index in [-0.39, 0.29) is 10.4 Å². The molecule has 0 saturated heterocycles. The highest BCUT2D eigenvalue weighted by Gasteiger charge is 2.15. The fraction of sp³-hybridized carbons (Fsp3) is 0.462. The number of imidazole rings is 1. The Balaban J connectivity index is 2.44. The van der Waals surface area contributed by atoms with E-state index in [4.69, 9.17) is 17.3 Å². The summed E-state index contributed by atoms with van der Waals surface area (Å²) in [7, 11) is 0. The van der Waals surface area contributed by atoms with Crippen LogP contribution in [0.2, 0.25) is 5.02 Å². The Morgan fingerprint density at radius 1 is 1.39 bits per heavy atom. The number of halogens is 2. The molecule has 0 aliphatic carbocycles. The lowest BCUT2D eigenvalue weighted by atomic mass is 9.92. The topological polar surface area (TPSA) is 43.8 Å². The Bertz CT molecular complexity index is 584. The molecule has 1 aromatic heterocycles. The van der Waals surface area contributed by atoms with Gasteiger partial charge >= 0.3 is 0 Å². The minimum Gasteiger partial charge on any atom is -0.369 e. The fourth-order valence-corrected chi connectivity index (χ4v) is 1.98.